The summed E-state index contributed by atoms with van der Waals surface area (Å²) in [4.78, 5) is 12.0. The van der Waals surface area contributed by atoms with E-state index in [9.17, 15) is 13.6 Å². The third-order valence-corrected chi connectivity index (χ3v) is 2.93. The van der Waals surface area contributed by atoms with Gasteiger partial charge in [0.05, 0.1) is 6.04 Å². The maximum atomic E-state index is 12.4. The highest BCUT2D eigenvalue weighted by atomic mass is 19.3. The topological polar surface area (TPSA) is 77.6 Å². The minimum absolute atomic E-state index is 0.0715. The molecule has 2 rings (SSSR count). The van der Waals surface area contributed by atoms with Crippen molar-refractivity contribution in [3.63, 3.8) is 0 Å². The molecule has 2 aromatic rings. The second-order valence-corrected chi connectivity index (χ2v) is 4.84. The predicted molar refractivity (Wildman–Crippen MR) is 69.8 cm³/mol. The van der Waals surface area contributed by atoms with Gasteiger partial charge < -0.3 is 9.88 Å². The Morgan fingerprint density at radius 3 is 2.62 bits per heavy atom. The first kappa shape index (κ1) is 15.1. The molecule has 0 aliphatic heterocycles. The average Bonchev–Trinajstić information content (AvgIpc) is 3.07. The number of nitrogens with one attached hydrogen (secondary N) is 1. The Kier molecular flexibility index (Phi) is 4.29. The first-order chi connectivity index (χ1) is 9.90. The molecule has 0 aliphatic carbocycles. The number of carbonyl (C=O) groups excluding carboxylic acids is 1. The smallest absolute Gasteiger partial charge is 0.333 e. The van der Waals surface area contributed by atoms with Gasteiger partial charge in [-0.2, -0.15) is 13.9 Å². The summed E-state index contributed by atoms with van der Waals surface area (Å²) in [5.41, 5.74) is -0.0715. The van der Waals surface area contributed by atoms with Crippen LogP contribution in [0, 0.1) is 0 Å². The van der Waals surface area contributed by atoms with E-state index in [4.69, 9.17) is 0 Å². The van der Waals surface area contributed by atoms with Crippen molar-refractivity contribution in [3.05, 3.63) is 30.1 Å². The van der Waals surface area contributed by atoms with Crippen molar-refractivity contribution in [1.82, 2.24) is 29.9 Å². The lowest BCUT2D eigenvalue weighted by Crippen LogP contribution is -2.29. The number of hydrogen-bond acceptors (Lipinski definition) is 4. The lowest BCUT2D eigenvalue weighted by molar-refractivity contribution is 0.0559. The molecule has 0 spiro atoms. The van der Waals surface area contributed by atoms with Crippen LogP contribution in [0.15, 0.2) is 18.6 Å². The van der Waals surface area contributed by atoms with Crippen LogP contribution in [0.4, 0.5) is 8.78 Å². The molecule has 0 unspecified atom stereocenters. The molecule has 2 aromatic heterocycles. The molecular formula is C12H16F2N6O. The summed E-state index contributed by atoms with van der Waals surface area (Å²) in [5.74, 6) is 0.0480. The lowest BCUT2D eigenvalue weighted by atomic mass is 10.2. The third kappa shape index (κ3) is 3.23. The summed E-state index contributed by atoms with van der Waals surface area (Å²) in [6.45, 7) is 2.90. The maximum Gasteiger partial charge on any atom is 0.333 e. The molecule has 7 nitrogen and oxygen atoms in total. The van der Waals surface area contributed by atoms with E-state index >= 15 is 0 Å². The summed E-state index contributed by atoms with van der Waals surface area (Å²) in [5, 5.41) is 14.0. The van der Waals surface area contributed by atoms with Gasteiger partial charge in [0.25, 0.3) is 5.91 Å². The Hall–Kier alpha value is -2.32. The number of carbonyl (C=O) groups is 1. The zero-order chi connectivity index (χ0) is 15.6. The highest BCUT2D eigenvalue weighted by molar-refractivity contribution is 5.92. The molecule has 114 valence electrons. The highest BCUT2D eigenvalue weighted by Gasteiger charge is 2.20. The Morgan fingerprint density at radius 2 is 2.05 bits per heavy atom. The van der Waals surface area contributed by atoms with Crippen LogP contribution in [0.1, 0.15) is 55.7 Å². The first-order valence-electron chi connectivity index (χ1n) is 6.43. The molecule has 2 heterocycles. The molecule has 0 radical (unpaired) electrons. The average molecular weight is 298 g/mol. The largest absolute Gasteiger partial charge is 0.341 e. The second kappa shape index (κ2) is 5.98. The van der Waals surface area contributed by atoms with E-state index in [1.54, 1.807) is 13.3 Å². The van der Waals surface area contributed by atoms with Crippen LogP contribution in [-0.4, -0.2) is 30.5 Å². The summed E-state index contributed by atoms with van der Waals surface area (Å²) in [6, 6.07) is 0.966. The van der Waals surface area contributed by atoms with Gasteiger partial charge in [-0.05, 0) is 26.8 Å². The number of amides is 1. The van der Waals surface area contributed by atoms with Crippen molar-refractivity contribution in [2.24, 2.45) is 0 Å². The van der Waals surface area contributed by atoms with Crippen molar-refractivity contribution in [1.29, 1.82) is 0 Å². The van der Waals surface area contributed by atoms with E-state index in [1.165, 1.54) is 6.07 Å². The van der Waals surface area contributed by atoms with Gasteiger partial charge in [-0.25, -0.2) is 4.68 Å². The van der Waals surface area contributed by atoms with Crippen molar-refractivity contribution < 1.29 is 13.6 Å². The van der Waals surface area contributed by atoms with E-state index in [-0.39, 0.29) is 11.7 Å². The number of halogens is 2. The van der Waals surface area contributed by atoms with Crippen LogP contribution >= 0.6 is 0 Å². The summed E-state index contributed by atoms with van der Waals surface area (Å²) < 4.78 is 27.1. The number of alkyl halides is 2. The molecule has 0 bridgehead atoms. The first-order valence-corrected chi connectivity index (χ1v) is 6.43. The molecule has 0 saturated carbocycles. The molecule has 21 heavy (non-hydrogen) atoms. The van der Waals surface area contributed by atoms with Crippen molar-refractivity contribution >= 4 is 5.91 Å². The van der Waals surface area contributed by atoms with Crippen LogP contribution in [0.25, 0.3) is 0 Å². The van der Waals surface area contributed by atoms with Gasteiger partial charge in [-0.1, -0.05) is 0 Å². The molecular weight excluding hydrogens is 282 g/mol. The maximum absolute atomic E-state index is 12.4. The minimum atomic E-state index is -2.77. The zero-order valence-corrected chi connectivity index (χ0v) is 11.9. The van der Waals surface area contributed by atoms with Gasteiger partial charge in [0.1, 0.15) is 12.0 Å². The lowest BCUT2D eigenvalue weighted by Gasteiger charge is -2.16. The quantitative estimate of drug-likeness (QED) is 0.915. The Labute approximate surface area is 120 Å². The van der Waals surface area contributed by atoms with E-state index < -0.39 is 18.5 Å². The van der Waals surface area contributed by atoms with E-state index in [1.807, 2.05) is 18.4 Å². The standard InChI is InChI=1S/C12H16F2N6O/c1-7(2)19-6-15-17-10(19)8(3)16-11(21)9-4-5-20(18-9)12(13)14/h4-8,12H,1-3H3,(H,16,21)/t8-/m1/s1. The molecule has 1 amide bonds. The Bertz CT molecular complexity index is 621. The highest BCUT2D eigenvalue weighted by Crippen LogP contribution is 2.15. The van der Waals surface area contributed by atoms with Gasteiger partial charge in [0.15, 0.2) is 5.82 Å². The van der Waals surface area contributed by atoms with Crippen LogP contribution in [0.3, 0.4) is 0 Å². The van der Waals surface area contributed by atoms with Gasteiger partial charge in [-0.15, -0.1) is 10.2 Å². The molecule has 0 aromatic carbocycles. The Balaban J connectivity index is 2.09. The van der Waals surface area contributed by atoms with Crippen LogP contribution in [0.2, 0.25) is 0 Å². The van der Waals surface area contributed by atoms with Gasteiger partial charge in [0, 0.05) is 12.2 Å². The molecule has 9 heteroatoms. The number of aromatic nitrogens is 5. The number of nitrogens with zero attached hydrogens (tertiary/aromatic N) is 5. The van der Waals surface area contributed by atoms with Crippen molar-refractivity contribution in [2.45, 2.75) is 39.4 Å². The predicted octanol–water partition coefficient (Wildman–Crippen LogP) is 1.94. The molecule has 1 N–H and O–H groups in total. The Morgan fingerprint density at radius 1 is 1.33 bits per heavy atom. The number of rotatable bonds is 5. The second-order valence-electron chi connectivity index (χ2n) is 4.84. The van der Waals surface area contributed by atoms with Crippen LogP contribution < -0.4 is 5.32 Å². The summed E-state index contributed by atoms with van der Waals surface area (Å²) in [6.07, 6.45) is 2.63. The van der Waals surface area contributed by atoms with Crippen molar-refractivity contribution in [3.8, 4) is 0 Å². The zero-order valence-electron chi connectivity index (χ0n) is 11.9. The number of hydrogen-bond donors (Lipinski definition) is 1. The SMILES string of the molecule is CC(C)n1cnnc1[C@@H](C)NC(=O)c1ccn(C(F)F)n1. The van der Waals surface area contributed by atoms with Crippen LogP contribution in [0.5, 0.6) is 0 Å². The molecule has 1 atom stereocenters. The fourth-order valence-electron chi connectivity index (χ4n) is 1.86. The summed E-state index contributed by atoms with van der Waals surface area (Å²) in [7, 11) is 0. The monoisotopic (exact) mass is 298 g/mol. The normalized spacial score (nSPS) is 12.9. The minimum Gasteiger partial charge on any atom is -0.341 e. The molecule has 0 saturated heterocycles. The molecule has 0 fully saturated rings. The summed E-state index contributed by atoms with van der Waals surface area (Å²) >= 11 is 0. The van der Waals surface area contributed by atoms with Gasteiger partial charge in [-0.3, -0.25) is 4.79 Å². The van der Waals surface area contributed by atoms with Crippen LogP contribution in [-0.2, 0) is 0 Å². The van der Waals surface area contributed by atoms with Crippen molar-refractivity contribution in [2.75, 3.05) is 0 Å². The van der Waals surface area contributed by atoms with E-state index in [0.29, 0.717) is 10.5 Å². The van der Waals surface area contributed by atoms with Gasteiger partial charge >= 0.3 is 6.55 Å². The van der Waals surface area contributed by atoms with Gasteiger partial charge in [0.2, 0.25) is 0 Å². The third-order valence-electron chi connectivity index (χ3n) is 2.93. The van der Waals surface area contributed by atoms with E-state index in [0.717, 1.165) is 6.20 Å². The fourth-order valence-corrected chi connectivity index (χ4v) is 1.86. The fraction of sp³-hybridized carbons (Fsp3) is 0.500. The van der Waals surface area contributed by atoms with E-state index in [2.05, 4.69) is 20.6 Å². The molecule has 0 aliphatic rings.